The fourth-order valence-electron chi connectivity index (χ4n) is 2.90. The molecule has 0 unspecified atom stereocenters. The summed E-state index contributed by atoms with van der Waals surface area (Å²) in [5.74, 6) is 0. The van der Waals surface area contributed by atoms with Crippen LogP contribution in [0, 0.1) is 0 Å². The third kappa shape index (κ3) is 4.77. The number of aromatic nitrogens is 1. The predicted octanol–water partition coefficient (Wildman–Crippen LogP) is 2.33. The summed E-state index contributed by atoms with van der Waals surface area (Å²) in [5, 5.41) is 3.53. The fraction of sp³-hybridized carbons (Fsp3) is 0.706. The molecule has 1 aliphatic heterocycles. The molecule has 116 valence electrons. The SMILES string of the molecule is CCOC1CCN(Cc2ccc(CNC3CC3)cn2)CC1. The number of piperidine rings is 1. The van der Waals surface area contributed by atoms with Gasteiger partial charge in [-0.2, -0.15) is 0 Å². The molecular formula is C17H27N3O. The topological polar surface area (TPSA) is 37.4 Å². The van der Waals surface area contributed by atoms with E-state index < -0.39 is 0 Å². The standard InChI is InChI=1S/C17H27N3O/c1-2-21-17-7-9-20(10-8-17)13-16-4-3-14(12-19-16)11-18-15-5-6-15/h3-4,12,15,17-18H,2,5-11,13H2,1H3. The van der Waals surface area contributed by atoms with Crippen LogP contribution in [0.5, 0.6) is 0 Å². The normalized spacial score (nSPS) is 20.8. The van der Waals surface area contributed by atoms with Crippen LogP contribution in [0.1, 0.15) is 43.9 Å². The number of ether oxygens (including phenoxy) is 1. The van der Waals surface area contributed by atoms with Gasteiger partial charge in [-0.25, -0.2) is 0 Å². The average Bonchev–Trinajstić information content (AvgIpc) is 3.33. The summed E-state index contributed by atoms with van der Waals surface area (Å²) in [7, 11) is 0. The first kappa shape index (κ1) is 14.9. The van der Waals surface area contributed by atoms with Gasteiger partial charge in [-0.05, 0) is 44.2 Å². The van der Waals surface area contributed by atoms with Crippen molar-refractivity contribution >= 4 is 0 Å². The van der Waals surface area contributed by atoms with Crippen LogP contribution in [-0.2, 0) is 17.8 Å². The summed E-state index contributed by atoms with van der Waals surface area (Å²) in [6.07, 6.45) is 7.47. The zero-order valence-electron chi connectivity index (χ0n) is 13.1. The van der Waals surface area contributed by atoms with Crippen LogP contribution in [-0.4, -0.2) is 41.7 Å². The van der Waals surface area contributed by atoms with Crippen molar-refractivity contribution in [2.45, 2.75) is 57.8 Å². The molecule has 3 rings (SSSR count). The number of nitrogens with one attached hydrogen (secondary N) is 1. The molecule has 4 heteroatoms. The Kier molecular flexibility index (Phi) is 5.22. The van der Waals surface area contributed by atoms with E-state index in [1.165, 1.54) is 24.1 Å². The maximum Gasteiger partial charge on any atom is 0.0599 e. The lowest BCUT2D eigenvalue weighted by molar-refractivity contribution is 0.0123. The van der Waals surface area contributed by atoms with Gasteiger partial charge in [0.05, 0.1) is 11.8 Å². The van der Waals surface area contributed by atoms with Crippen molar-refractivity contribution in [3.05, 3.63) is 29.6 Å². The van der Waals surface area contributed by atoms with E-state index in [9.17, 15) is 0 Å². The van der Waals surface area contributed by atoms with E-state index in [4.69, 9.17) is 4.74 Å². The number of likely N-dealkylation sites (tertiary alicyclic amines) is 1. The van der Waals surface area contributed by atoms with Crippen LogP contribution < -0.4 is 5.32 Å². The van der Waals surface area contributed by atoms with Crippen molar-refractivity contribution in [2.24, 2.45) is 0 Å². The van der Waals surface area contributed by atoms with Crippen LogP contribution in [0.3, 0.4) is 0 Å². The number of pyridine rings is 1. The molecule has 1 saturated heterocycles. The molecule has 0 aromatic carbocycles. The molecule has 2 heterocycles. The van der Waals surface area contributed by atoms with E-state index in [1.54, 1.807) is 0 Å². The molecule has 2 aliphatic rings. The van der Waals surface area contributed by atoms with Gasteiger partial charge in [0.15, 0.2) is 0 Å². The largest absolute Gasteiger partial charge is 0.378 e. The van der Waals surface area contributed by atoms with Gasteiger partial charge in [-0.1, -0.05) is 6.07 Å². The maximum atomic E-state index is 5.70. The summed E-state index contributed by atoms with van der Waals surface area (Å²) >= 11 is 0. The minimum atomic E-state index is 0.468. The summed E-state index contributed by atoms with van der Waals surface area (Å²) in [4.78, 5) is 7.10. The molecule has 21 heavy (non-hydrogen) atoms. The van der Waals surface area contributed by atoms with E-state index in [2.05, 4.69) is 34.3 Å². The minimum absolute atomic E-state index is 0.468. The molecule has 1 N–H and O–H groups in total. The minimum Gasteiger partial charge on any atom is -0.378 e. The predicted molar refractivity (Wildman–Crippen MR) is 84.0 cm³/mol. The first-order chi connectivity index (χ1) is 10.3. The highest BCUT2D eigenvalue weighted by Crippen LogP contribution is 2.19. The van der Waals surface area contributed by atoms with E-state index >= 15 is 0 Å². The van der Waals surface area contributed by atoms with Gasteiger partial charge in [-0.3, -0.25) is 9.88 Å². The fourth-order valence-corrected chi connectivity index (χ4v) is 2.90. The Balaban J connectivity index is 1.42. The van der Waals surface area contributed by atoms with Gasteiger partial charge in [0, 0.05) is 45.0 Å². The third-order valence-electron chi connectivity index (χ3n) is 4.38. The highest BCUT2D eigenvalue weighted by Gasteiger charge is 2.20. The van der Waals surface area contributed by atoms with Gasteiger partial charge in [0.1, 0.15) is 0 Å². The quantitative estimate of drug-likeness (QED) is 0.836. The van der Waals surface area contributed by atoms with Crippen LogP contribution in [0.2, 0.25) is 0 Å². The number of nitrogens with zero attached hydrogens (tertiary/aromatic N) is 2. The Morgan fingerprint density at radius 1 is 1.24 bits per heavy atom. The smallest absolute Gasteiger partial charge is 0.0599 e. The van der Waals surface area contributed by atoms with Gasteiger partial charge >= 0.3 is 0 Å². The Bertz CT molecular complexity index is 422. The summed E-state index contributed by atoms with van der Waals surface area (Å²) in [5.41, 5.74) is 2.47. The van der Waals surface area contributed by atoms with Crippen LogP contribution in [0.4, 0.5) is 0 Å². The molecule has 1 saturated carbocycles. The van der Waals surface area contributed by atoms with E-state index in [1.807, 2.05) is 6.20 Å². The van der Waals surface area contributed by atoms with Crippen LogP contribution in [0.15, 0.2) is 18.3 Å². The van der Waals surface area contributed by atoms with E-state index in [0.717, 1.165) is 51.7 Å². The lowest BCUT2D eigenvalue weighted by atomic mass is 10.1. The number of rotatable bonds is 7. The van der Waals surface area contributed by atoms with Crippen molar-refractivity contribution < 1.29 is 4.74 Å². The molecule has 1 aromatic heterocycles. The molecule has 0 amide bonds. The summed E-state index contributed by atoms with van der Waals surface area (Å²) in [6, 6.07) is 5.15. The Morgan fingerprint density at radius 2 is 2.05 bits per heavy atom. The molecule has 2 fully saturated rings. The highest BCUT2D eigenvalue weighted by atomic mass is 16.5. The molecule has 1 aromatic rings. The molecule has 0 bridgehead atoms. The van der Waals surface area contributed by atoms with Crippen molar-refractivity contribution in [1.82, 2.24) is 15.2 Å². The number of hydrogen-bond acceptors (Lipinski definition) is 4. The Morgan fingerprint density at radius 3 is 2.67 bits per heavy atom. The highest BCUT2D eigenvalue weighted by molar-refractivity contribution is 5.14. The monoisotopic (exact) mass is 289 g/mol. The lowest BCUT2D eigenvalue weighted by Crippen LogP contribution is -2.36. The van der Waals surface area contributed by atoms with Crippen LogP contribution >= 0.6 is 0 Å². The van der Waals surface area contributed by atoms with Gasteiger partial charge in [0.25, 0.3) is 0 Å². The first-order valence-corrected chi connectivity index (χ1v) is 8.34. The zero-order chi connectivity index (χ0) is 14.5. The molecule has 0 spiro atoms. The lowest BCUT2D eigenvalue weighted by Gasteiger charge is -2.31. The Hall–Kier alpha value is -0.970. The van der Waals surface area contributed by atoms with Crippen molar-refractivity contribution in [2.75, 3.05) is 19.7 Å². The average molecular weight is 289 g/mol. The summed E-state index contributed by atoms with van der Waals surface area (Å²) in [6.45, 7) is 7.08. The molecular weight excluding hydrogens is 262 g/mol. The maximum absolute atomic E-state index is 5.70. The zero-order valence-corrected chi connectivity index (χ0v) is 13.1. The van der Waals surface area contributed by atoms with Crippen molar-refractivity contribution in [3.8, 4) is 0 Å². The second-order valence-corrected chi connectivity index (χ2v) is 6.24. The van der Waals surface area contributed by atoms with Gasteiger partial charge < -0.3 is 10.1 Å². The summed E-state index contributed by atoms with van der Waals surface area (Å²) < 4.78 is 5.70. The van der Waals surface area contributed by atoms with E-state index in [0.29, 0.717) is 6.10 Å². The Labute approximate surface area is 127 Å². The molecule has 0 atom stereocenters. The van der Waals surface area contributed by atoms with Crippen molar-refractivity contribution in [1.29, 1.82) is 0 Å². The second-order valence-electron chi connectivity index (χ2n) is 6.24. The first-order valence-electron chi connectivity index (χ1n) is 8.34. The second kappa shape index (κ2) is 7.34. The molecule has 1 aliphatic carbocycles. The van der Waals surface area contributed by atoms with Crippen molar-refractivity contribution in [3.63, 3.8) is 0 Å². The van der Waals surface area contributed by atoms with Gasteiger partial charge in [-0.15, -0.1) is 0 Å². The molecule has 0 radical (unpaired) electrons. The van der Waals surface area contributed by atoms with E-state index in [-0.39, 0.29) is 0 Å². The third-order valence-corrected chi connectivity index (χ3v) is 4.38. The number of hydrogen-bond donors (Lipinski definition) is 1. The van der Waals surface area contributed by atoms with Gasteiger partial charge in [0.2, 0.25) is 0 Å². The van der Waals surface area contributed by atoms with Crippen LogP contribution in [0.25, 0.3) is 0 Å². The molecule has 4 nitrogen and oxygen atoms in total.